The molecule has 0 saturated heterocycles. The highest BCUT2D eigenvalue weighted by Gasteiger charge is 2.24. The second-order valence-corrected chi connectivity index (χ2v) is 5.62. The smallest absolute Gasteiger partial charge is 0.293 e. The summed E-state index contributed by atoms with van der Waals surface area (Å²) < 4.78 is 0. The van der Waals surface area contributed by atoms with E-state index in [4.69, 9.17) is 9.78 Å². The van der Waals surface area contributed by atoms with Crippen LogP contribution in [0.2, 0.25) is 0 Å². The molecule has 0 spiro atoms. The first-order valence-corrected chi connectivity index (χ1v) is 7.71. The van der Waals surface area contributed by atoms with Crippen molar-refractivity contribution in [2.24, 2.45) is 0 Å². The fourth-order valence-electron chi connectivity index (χ4n) is 1.21. The van der Waals surface area contributed by atoms with E-state index >= 15 is 0 Å². The number of hydrogen-bond acceptors (Lipinski definition) is 6. The number of carbonyl (C=O) groups is 2. The molecule has 0 N–H and O–H groups in total. The van der Waals surface area contributed by atoms with Crippen molar-refractivity contribution in [3.63, 3.8) is 0 Å². The Morgan fingerprint density at radius 2 is 1.00 bits per heavy atom. The van der Waals surface area contributed by atoms with Crippen LogP contribution in [0.25, 0.3) is 0 Å². The maximum atomic E-state index is 11.5. The predicted molar refractivity (Wildman–Crippen MR) is 81.5 cm³/mol. The summed E-state index contributed by atoms with van der Waals surface area (Å²) >= 11 is 0. The van der Waals surface area contributed by atoms with Crippen molar-refractivity contribution in [1.29, 1.82) is 0 Å². The number of rotatable bonds is 10. The zero-order valence-electron chi connectivity index (χ0n) is 14.4. The number of carbonyl (C=O) groups excluding carboxylic acids is 2. The van der Waals surface area contributed by atoms with Gasteiger partial charge in [-0.25, -0.2) is 9.59 Å². The van der Waals surface area contributed by atoms with Gasteiger partial charge in [-0.3, -0.25) is 9.78 Å². The molecule has 0 aromatic rings. The molecule has 6 heteroatoms. The van der Waals surface area contributed by atoms with Gasteiger partial charge in [-0.15, -0.1) is 0 Å². The third-order valence-corrected chi connectivity index (χ3v) is 4.00. The lowest BCUT2D eigenvalue weighted by molar-refractivity contribution is -0.328. The van der Waals surface area contributed by atoms with Gasteiger partial charge >= 0.3 is 11.9 Å². The van der Waals surface area contributed by atoms with Crippen LogP contribution in [0, 0.1) is 0 Å². The van der Waals surface area contributed by atoms with E-state index in [-0.39, 0.29) is 0 Å². The van der Waals surface area contributed by atoms with Crippen LogP contribution in [0.3, 0.4) is 0 Å². The lowest BCUT2D eigenvalue weighted by Gasteiger charge is -2.24. The van der Waals surface area contributed by atoms with Crippen molar-refractivity contribution in [2.75, 3.05) is 0 Å². The van der Waals surface area contributed by atoms with Crippen LogP contribution in [-0.4, -0.2) is 23.1 Å². The predicted octanol–water partition coefficient (Wildman–Crippen LogP) is 3.65. The Morgan fingerprint density at radius 3 is 1.23 bits per heavy atom. The average Bonchev–Trinajstić information content (AvgIpc) is 2.55. The van der Waals surface area contributed by atoms with E-state index < -0.39 is 23.1 Å². The first-order valence-electron chi connectivity index (χ1n) is 7.71. The minimum absolute atomic E-state index is 0.531. The van der Waals surface area contributed by atoms with Gasteiger partial charge in [0.2, 0.25) is 0 Å². The summed E-state index contributed by atoms with van der Waals surface area (Å²) in [7, 11) is 0. The quantitative estimate of drug-likeness (QED) is 0.348. The van der Waals surface area contributed by atoms with E-state index in [1.54, 1.807) is 0 Å². The maximum Gasteiger partial charge on any atom is 0.366 e. The minimum Gasteiger partial charge on any atom is -0.293 e. The lowest BCUT2D eigenvalue weighted by atomic mass is 10.0. The molecule has 0 unspecified atom stereocenters. The van der Waals surface area contributed by atoms with Gasteiger partial charge in [-0.05, 0) is 39.5 Å². The molecule has 0 bridgehead atoms. The fourth-order valence-corrected chi connectivity index (χ4v) is 1.21. The molecule has 0 fully saturated rings. The summed E-state index contributed by atoms with van der Waals surface area (Å²) in [5.74, 6) is -1.56. The largest absolute Gasteiger partial charge is 0.366 e. The van der Waals surface area contributed by atoms with Crippen LogP contribution in [0.15, 0.2) is 12.2 Å². The Labute approximate surface area is 132 Å². The molecule has 0 aliphatic carbocycles. The standard InChI is InChI=1S/C16H28O6/c1-7-15(5,8-2)21-19-13(17)11-12-14(18)20-22-16(6,9-3)10-4/h11-12H,7-10H2,1-6H3/b12-11+. The number of hydrogen-bond donors (Lipinski definition) is 0. The highest BCUT2D eigenvalue weighted by molar-refractivity contribution is 5.91. The molecule has 22 heavy (non-hydrogen) atoms. The van der Waals surface area contributed by atoms with Gasteiger partial charge in [-0.1, -0.05) is 27.7 Å². The zero-order valence-corrected chi connectivity index (χ0v) is 14.4. The summed E-state index contributed by atoms with van der Waals surface area (Å²) in [6.45, 7) is 11.4. The molecule has 128 valence electrons. The van der Waals surface area contributed by atoms with Crippen LogP contribution in [0.4, 0.5) is 0 Å². The van der Waals surface area contributed by atoms with Crippen LogP contribution >= 0.6 is 0 Å². The molecule has 0 radical (unpaired) electrons. The molecule has 6 nitrogen and oxygen atoms in total. The first-order chi connectivity index (χ1) is 10.2. The van der Waals surface area contributed by atoms with Gasteiger partial charge in [0, 0.05) is 12.2 Å². The van der Waals surface area contributed by atoms with Crippen LogP contribution in [-0.2, 0) is 29.1 Å². The molecule has 0 aliphatic heterocycles. The Kier molecular flexibility index (Phi) is 8.97. The van der Waals surface area contributed by atoms with Gasteiger partial charge in [0.15, 0.2) is 0 Å². The SMILES string of the molecule is CCC(C)(CC)OOC(=O)/C=C/C(=O)OOC(C)(CC)CC. The van der Waals surface area contributed by atoms with Crippen molar-refractivity contribution in [3.05, 3.63) is 12.2 Å². The van der Waals surface area contributed by atoms with E-state index in [2.05, 4.69) is 9.78 Å². The summed E-state index contributed by atoms with van der Waals surface area (Å²) in [6.07, 6.45) is 4.66. The third kappa shape index (κ3) is 7.56. The van der Waals surface area contributed by atoms with E-state index in [1.807, 2.05) is 41.5 Å². The maximum absolute atomic E-state index is 11.5. The second kappa shape index (κ2) is 9.58. The molecule has 0 heterocycles. The van der Waals surface area contributed by atoms with Crippen molar-refractivity contribution in [3.8, 4) is 0 Å². The minimum atomic E-state index is -0.779. The van der Waals surface area contributed by atoms with Crippen LogP contribution < -0.4 is 0 Å². The van der Waals surface area contributed by atoms with Crippen molar-refractivity contribution in [2.45, 2.75) is 78.4 Å². The molecule has 0 rings (SSSR count). The molecule has 0 saturated carbocycles. The van der Waals surface area contributed by atoms with E-state index in [1.165, 1.54) is 0 Å². The van der Waals surface area contributed by atoms with E-state index in [0.29, 0.717) is 25.7 Å². The van der Waals surface area contributed by atoms with Crippen molar-refractivity contribution < 1.29 is 29.1 Å². The Morgan fingerprint density at radius 1 is 0.727 bits per heavy atom. The van der Waals surface area contributed by atoms with Gasteiger partial charge < -0.3 is 0 Å². The fraction of sp³-hybridized carbons (Fsp3) is 0.750. The summed E-state index contributed by atoms with van der Waals surface area (Å²) in [4.78, 5) is 42.4. The molecular weight excluding hydrogens is 288 g/mol. The highest BCUT2D eigenvalue weighted by Crippen LogP contribution is 2.20. The van der Waals surface area contributed by atoms with Crippen LogP contribution in [0.1, 0.15) is 67.2 Å². The summed E-state index contributed by atoms with van der Waals surface area (Å²) in [5, 5.41) is 0. The van der Waals surface area contributed by atoms with E-state index in [0.717, 1.165) is 12.2 Å². The third-order valence-electron chi connectivity index (χ3n) is 4.00. The Bertz CT molecular complexity index is 344. The van der Waals surface area contributed by atoms with Gasteiger partial charge in [0.1, 0.15) is 11.2 Å². The van der Waals surface area contributed by atoms with Crippen LogP contribution in [0.5, 0.6) is 0 Å². The molecule has 0 aliphatic rings. The molecular formula is C16H28O6. The first kappa shape index (κ1) is 20.6. The monoisotopic (exact) mass is 316 g/mol. The molecule has 0 atom stereocenters. The van der Waals surface area contributed by atoms with Crippen molar-refractivity contribution >= 4 is 11.9 Å². The molecule has 0 amide bonds. The topological polar surface area (TPSA) is 71.1 Å². The second-order valence-electron chi connectivity index (χ2n) is 5.62. The molecule has 0 aromatic carbocycles. The average molecular weight is 316 g/mol. The van der Waals surface area contributed by atoms with Crippen molar-refractivity contribution in [1.82, 2.24) is 0 Å². The molecule has 0 aromatic heterocycles. The Balaban J connectivity index is 4.25. The highest BCUT2D eigenvalue weighted by atomic mass is 17.2. The summed E-state index contributed by atoms with van der Waals surface area (Å²) in [6, 6.07) is 0. The Hall–Kier alpha value is -1.40. The van der Waals surface area contributed by atoms with Gasteiger partial charge in [-0.2, -0.15) is 9.78 Å². The van der Waals surface area contributed by atoms with Gasteiger partial charge in [0.05, 0.1) is 0 Å². The lowest BCUT2D eigenvalue weighted by Crippen LogP contribution is -2.28. The normalized spacial score (nSPS) is 12.5. The summed E-state index contributed by atoms with van der Waals surface area (Å²) in [5.41, 5.74) is -1.06. The van der Waals surface area contributed by atoms with E-state index in [9.17, 15) is 9.59 Å². The zero-order chi connectivity index (χ0) is 17.2. The van der Waals surface area contributed by atoms with Gasteiger partial charge in [0.25, 0.3) is 0 Å².